The van der Waals surface area contributed by atoms with Gasteiger partial charge in [0.15, 0.2) is 5.28 Å². The van der Waals surface area contributed by atoms with E-state index in [1.54, 1.807) is 20.8 Å². The van der Waals surface area contributed by atoms with Crippen molar-refractivity contribution < 1.29 is 14.1 Å². The van der Waals surface area contributed by atoms with Gasteiger partial charge in [0.05, 0.1) is 6.61 Å². The van der Waals surface area contributed by atoms with Crippen molar-refractivity contribution >= 4 is 13.8 Å². The van der Waals surface area contributed by atoms with Crippen LogP contribution < -0.4 is 5.73 Å². The average Bonchev–Trinajstić information content (AvgIpc) is 2.15. The van der Waals surface area contributed by atoms with Crippen molar-refractivity contribution in [3.63, 3.8) is 0 Å². The van der Waals surface area contributed by atoms with Crippen LogP contribution in [-0.2, 0) is 14.1 Å². The monoisotopic (exact) mass is 206 g/mol. The van der Waals surface area contributed by atoms with Crippen LogP contribution in [0.4, 0.5) is 0 Å². The van der Waals surface area contributed by atoms with E-state index >= 15 is 0 Å². The fourth-order valence-electron chi connectivity index (χ4n) is 0.961. The molecule has 0 aromatic rings. The lowest BCUT2D eigenvalue weighted by Gasteiger charge is -2.23. The fraction of sp³-hybridized carbons (Fsp3) is 0.875. The Morgan fingerprint density at radius 2 is 2.00 bits per heavy atom. The average molecular weight is 206 g/mol. The molecule has 0 amide bonds. The Kier molecular flexibility index (Phi) is 5.11. The number of carbonyl (C=O) groups is 1. The highest BCUT2D eigenvalue weighted by molar-refractivity contribution is 7.47. The lowest BCUT2D eigenvalue weighted by molar-refractivity contribution is -0.146. The second-order valence-corrected chi connectivity index (χ2v) is 4.88. The molecular weight excluding hydrogens is 189 g/mol. The molecule has 0 aromatic carbocycles. The van der Waals surface area contributed by atoms with Gasteiger partial charge >= 0.3 is 5.97 Å². The van der Waals surface area contributed by atoms with E-state index in [9.17, 15) is 9.36 Å². The number of carbonyl (C=O) groups excluding carboxylic acids is 1. The zero-order chi connectivity index (χ0) is 10.5. The first kappa shape index (κ1) is 12.5. The summed E-state index contributed by atoms with van der Waals surface area (Å²) in [5.74, 6) is -0.555. The second kappa shape index (κ2) is 5.30. The van der Waals surface area contributed by atoms with Crippen LogP contribution in [-0.4, -0.2) is 24.0 Å². The molecule has 5 heteroatoms. The highest BCUT2D eigenvalue weighted by Crippen LogP contribution is 2.37. The van der Waals surface area contributed by atoms with Crippen molar-refractivity contribution in [2.45, 2.75) is 32.5 Å². The standard InChI is InChI=1S/C8H17NO3P/c1-4-8(9,13(11)6-3)7(10)12-5-2/h4-6,9H2,1-3H3. The first-order valence-corrected chi connectivity index (χ1v) is 5.88. The maximum absolute atomic E-state index is 11.5. The smallest absolute Gasteiger partial charge is 0.337 e. The first-order chi connectivity index (χ1) is 6.02. The Balaban J connectivity index is 4.61. The Bertz CT molecular complexity index is 208. The maximum atomic E-state index is 11.5. The maximum Gasteiger partial charge on any atom is 0.337 e. The molecule has 0 saturated carbocycles. The lowest BCUT2D eigenvalue weighted by atomic mass is 10.2. The Morgan fingerprint density at radius 3 is 2.31 bits per heavy atom. The number of rotatable bonds is 5. The zero-order valence-corrected chi connectivity index (χ0v) is 9.27. The third-order valence-corrected chi connectivity index (χ3v) is 3.86. The van der Waals surface area contributed by atoms with Gasteiger partial charge in [0, 0.05) is 6.16 Å². The van der Waals surface area contributed by atoms with Crippen LogP contribution >= 0.6 is 7.80 Å². The molecule has 77 valence electrons. The van der Waals surface area contributed by atoms with Crippen molar-refractivity contribution in [3.8, 4) is 0 Å². The van der Waals surface area contributed by atoms with Crippen LogP contribution in [0, 0.1) is 0 Å². The van der Waals surface area contributed by atoms with Crippen LogP contribution in [0.2, 0.25) is 0 Å². The summed E-state index contributed by atoms with van der Waals surface area (Å²) in [6, 6.07) is 0. The van der Waals surface area contributed by atoms with Crippen molar-refractivity contribution in [3.05, 3.63) is 0 Å². The molecule has 4 nitrogen and oxygen atoms in total. The number of nitrogens with two attached hydrogens (primary N) is 1. The van der Waals surface area contributed by atoms with Crippen LogP contribution in [0.25, 0.3) is 0 Å². The molecule has 0 bridgehead atoms. The van der Waals surface area contributed by atoms with Gasteiger partial charge in [0.1, 0.15) is 7.80 Å². The summed E-state index contributed by atoms with van der Waals surface area (Å²) in [7, 11) is -1.72. The molecule has 0 spiro atoms. The van der Waals surface area contributed by atoms with Crippen molar-refractivity contribution in [1.82, 2.24) is 0 Å². The normalized spacial score (nSPS) is 16.2. The quantitative estimate of drug-likeness (QED) is 0.546. The van der Waals surface area contributed by atoms with Gasteiger partial charge in [-0.05, 0) is 13.3 Å². The second-order valence-electron chi connectivity index (χ2n) is 2.69. The molecule has 0 aliphatic rings. The minimum absolute atomic E-state index is 0.269. The molecule has 0 fully saturated rings. The first-order valence-electron chi connectivity index (χ1n) is 4.43. The zero-order valence-electron chi connectivity index (χ0n) is 8.37. The molecule has 2 unspecified atom stereocenters. The topological polar surface area (TPSA) is 69.4 Å². The Labute approximate surface area is 79.6 Å². The minimum Gasteiger partial charge on any atom is -0.464 e. The van der Waals surface area contributed by atoms with E-state index in [2.05, 4.69) is 0 Å². The molecule has 13 heavy (non-hydrogen) atoms. The van der Waals surface area contributed by atoms with Gasteiger partial charge in [0.2, 0.25) is 0 Å². The van der Waals surface area contributed by atoms with Crippen LogP contribution in [0.5, 0.6) is 0 Å². The van der Waals surface area contributed by atoms with Crippen LogP contribution in [0.15, 0.2) is 0 Å². The van der Waals surface area contributed by atoms with Crippen LogP contribution in [0.3, 0.4) is 0 Å². The van der Waals surface area contributed by atoms with E-state index in [1.807, 2.05) is 0 Å². The van der Waals surface area contributed by atoms with Crippen molar-refractivity contribution in [2.75, 3.05) is 12.8 Å². The third-order valence-electron chi connectivity index (χ3n) is 1.90. The fourth-order valence-corrected chi connectivity index (χ4v) is 2.15. The molecular formula is C8H17NO3P. The molecule has 0 aliphatic heterocycles. The number of esters is 1. The number of hydrogen-bond donors (Lipinski definition) is 1. The Hall–Kier alpha value is -0.470. The molecule has 0 heterocycles. The summed E-state index contributed by atoms with van der Waals surface area (Å²) >= 11 is 0. The predicted molar refractivity (Wildman–Crippen MR) is 52.0 cm³/mol. The molecule has 0 rings (SSSR count). The number of ether oxygens (including phenoxy) is 1. The molecule has 0 aromatic heterocycles. The summed E-state index contributed by atoms with van der Waals surface area (Å²) < 4.78 is 16.3. The number of hydrogen-bond acceptors (Lipinski definition) is 4. The molecule has 2 N–H and O–H groups in total. The molecule has 0 saturated heterocycles. The summed E-state index contributed by atoms with van der Waals surface area (Å²) in [6.45, 7) is 5.45. The van der Waals surface area contributed by atoms with E-state index in [1.165, 1.54) is 0 Å². The predicted octanol–water partition coefficient (Wildman–Crippen LogP) is 1.46. The van der Waals surface area contributed by atoms with Crippen molar-refractivity contribution in [2.24, 2.45) is 5.73 Å². The summed E-state index contributed by atoms with van der Waals surface area (Å²) in [5.41, 5.74) is 5.72. The SMILES string of the molecule is CCOC(=O)C(N)(CC)[P](=O)CC. The Morgan fingerprint density at radius 1 is 1.46 bits per heavy atom. The van der Waals surface area contributed by atoms with E-state index in [0.29, 0.717) is 12.6 Å². The molecule has 0 aliphatic carbocycles. The van der Waals surface area contributed by atoms with E-state index in [-0.39, 0.29) is 6.61 Å². The largest absolute Gasteiger partial charge is 0.464 e. The van der Waals surface area contributed by atoms with Gasteiger partial charge in [-0.2, -0.15) is 0 Å². The van der Waals surface area contributed by atoms with Crippen LogP contribution in [0.1, 0.15) is 27.2 Å². The van der Waals surface area contributed by atoms with Gasteiger partial charge in [-0.15, -0.1) is 0 Å². The minimum atomic E-state index is -1.72. The van der Waals surface area contributed by atoms with Gasteiger partial charge in [-0.3, -0.25) is 4.57 Å². The van der Waals surface area contributed by atoms with E-state index in [4.69, 9.17) is 10.5 Å². The third kappa shape index (κ3) is 2.75. The van der Waals surface area contributed by atoms with Crippen molar-refractivity contribution in [1.29, 1.82) is 0 Å². The summed E-state index contributed by atoms with van der Waals surface area (Å²) in [6.07, 6.45) is 0.743. The van der Waals surface area contributed by atoms with E-state index < -0.39 is 19.1 Å². The molecule has 2 atom stereocenters. The highest BCUT2D eigenvalue weighted by Gasteiger charge is 2.39. The van der Waals surface area contributed by atoms with Gasteiger partial charge in [-0.25, -0.2) is 4.79 Å². The van der Waals surface area contributed by atoms with Gasteiger partial charge in [-0.1, -0.05) is 13.8 Å². The van der Waals surface area contributed by atoms with E-state index in [0.717, 1.165) is 0 Å². The summed E-state index contributed by atoms with van der Waals surface area (Å²) in [5, 5.41) is -1.29. The van der Waals surface area contributed by atoms with Gasteiger partial charge in [0.25, 0.3) is 0 Å². The highest BCUT2D eigenvalue weighted by atomic mass is 31.1. The molecule has 1 radical (unpaired) electrons. The summed E-state index contributed by atoms with van der Waals surface area (Å²) in [4.78, 5) is 11.4. The van der Waals surface area contributed by atoms with Gasteiger partial charge < -0.3 is 10.5 Å². The lowest BCUT2D eigenvalue weighted by Crippen LogP contribution is -2.45.